The molecule has 0 atom stereocenters. The molecule has 1 N–H and O–H groups in total. The fourth-order valence-corrected chi connectivity index (χ4v) is 4.19. The monoisotopic (exact) mass is 431 g/mol. The number of hydrogen-bond acceptors (Lipinski definition) is 5. The molecule has 2 aromatic carbocycles. The summed E-state index contributed by atoms with van der Waals surface area (Å²) in [5.74, 6) is 2.43. The van der Waals surface area contributed by atoms with Gasteiger partial charge in [-0.25, -0.2) is 14.5 Å². The molecule has 4 aromatic rings. The minimum Gasteiger partial charge on any atom is -0.496 e. The van der Waals surface area contributed by atoms with Crippen LogP contribution in [0.4, 0.5) is 10.6 Å². The van der Waals surface area contributed by atoms with Crippen molar-refractivity contribution in [1.29, 1.82) is 0 Å². The van der Waals surface area contributed by atoms with Crippen molar-refractivity contribution in [2.75, 3.05) is 12.4 Å². The van der Waals surface area contributed by atoms with E-state index in [0.717, 1.165) is 58.8 Å². The van der Waals surface area contributed by atoms with E-state index in [9.17, 15) is 4.79 Å². The second-order valence-corrected chi connectivity index (χ2v) is 7.74. The summed E-state index contributed by atoms with van der Waals surface area (Å²) in [7, 11) is 1.63. The third-order valence-electron chi connectivity index (χ3n) is 5.74. The van der Waals surface area contributed by atoms with E-state index in [1.165, 1.54) is 0 Å². The summed E-state index contributed by atoms with van der Waals surface area (Å²) in [4.78, 5) is 17.2. The minimum absolute atomic E-state index is 0.170. The molecule has 164 valence electrons. The van der Waals surface area contributed by atoms with Crippen molar-refractivity contribution in [2.24, 2.45) is 0 Å². The molecule has 8 nitrogen and oxygen atoms in total. The van der Waals surface area contributed by atoms with Gasteiger partial charge in [-0.15, -0.1) is 0 Å². The van der Waals surface area contributed by atoms with Crippen LogP contribution in [0, 0.1) is 0 Å². The van der Waals surface area contributed by atoms with Crippen molar-refractivity contribution in [3.8, 4) is 17.0 Å². The van der Waals surface area contributed by atoms with Gasteiger partial charge in [0, 0.05) is 31.1 Å². The summed E-state index contributed by atoms with van der Waals surface area (Å²) in [6.07, 6.45) is 1.64. The van der Waals surface area contributed by atoms with E-state index < -0.39 is 6.09 Å². The Morgan fingerprint density at radius 3 is 2.91 bits per heavy atom. The Morgan fingerprint density at radius 1 is 1.19 bits per heavy atom. The van der Waals surface area contributed by atoms with Crippen LogP contribution in [0.3, 0.4) is 0 Å². The van der Waals surface area contributed by atoms with Crippen LogP contribution in [0.2, 0.25) is 0 Å². The lowest BCUT2D eigenvalue weighted by Gasteiger charge is -2.08. The summed E-state index contributed by atoms with van der Waals surface area (Å²) in [5.41, 5.74) is 4.58. The number of imidazole rings is 1. The number of nitrogens with one attached hydrogen (secondary N) is 1. The number of aromatic nitrogens is 4. The predicted molar refractivity (Wildman–Crippen MR) is 122 cm³/mol. The Bertz CT molecular complexity index is 1290. The van der Waals surface area contributed by atoms with E-state index in [1.807, 2.05) is 49.4 Å². The number of benzene rings is 2. The molecule has 0 fully saturated rings. The van der Waals surface area contributed by atoms with Gasteiger partial charge in [-0.3, -0.25) is 5.32 Å². The summed E-state index contributed by atoms with van der Waals surface area (Å²) in [6, 6.07) is 15.5. The van der Waals surface area contributed by atoms with Crippen molar-refractivity contribution >= 4 is 22.9 Å². The van der Waals surface area contributed by atoms with Crippen molar-refractivity contribution in [3.05, 3.63) is 59.9 Å². The Hall–Kier alpha value is -3.81. The lowest BCUT2D eigenvalue weighted by Crippen LogP contribution is -2.16. The van der Waals surface area contributed by atoms with Crippen LogP contribution in [0.5, 0.6) is 5.75 Å². The van der Waals surface area contributed by atoms with Crippen molar-refractivity contribution in [2.45, 2.75) is 39.5 Å². The lowest BCUT2D eigenvalue weighted by molar-refractivity contribution is 0.155. The SMILES string of the molecule is CCn1nc(-c2ccccc2OC)cc1NC(=O)OCc1ccc2c(c1)nc1n2CCC1. The fraction of sp³-hybridized carbons (Fsp3) is 0.292. The number of aryl methyl sites for hydroxylation is 3. The molecule has 1 amide bonds. The number of anilines is 1. The zero-order valence-electron chi connectivity index (χ0n) is 18.2. The zero-order chi connectivity index (χ0) is 22.1. The highest BCUT2D eigenvalue weighted by Gasteiger charge is 2.17. The van der Waals surface area contributed by atoms with Gasteiger partial charge in [0.15, 0.2) is 0 Å². The maximum atomic E-state index is 12.5. The van der Waals surface area contributed by atoms with E-state index in [1.54, 1.807) is 11.8 Å². The first-order valence-electron chi connectivity index (χ1n) is 10.8. The first-order valence-corrected chi connectivity index (χ1v) is 10.8. The molecular formula is C24H25N5O3. The quantitative estimate of drug-likeness (QED) is 0.482. The maximum Gasteiger partial charge on any atom is 0.413 e. The van der Waals surface area contributed by atoms with E-state index >= 15 is 0 Å². The molecule has 3 heterocycles. The number of fused-ring (bicyclic) bond motifs is 3. The Kier molecular flexibility index (Phi) is 5.26. The second-order valence-electron chi connectivity index (χ2n) is 7.74. The number of ether oxygens (including phenoxy) is 2. The second kappa shape index (κ2) is 8.37. The van der Waals surface area contributed by atoms with Crippen molar-refractivity contribution in [1.82, 2.24) is 19.3 Å². The van der Waals surface area contributed by atoms with Gasteiger partial charge in [0.1, 0.15) is 24.0 Å². The average molecular weight is 431 g/mol. The number of carbonyl (C=O) groups excluding carboxylic acids is 1. The fourth-order valence-electron chi connectivity index (χ4n) is 4.19. The van der Waals surface area contributed by atoms with Crippen LogP contribution in [0.1, 0.15) is 24.7 Å². The smallest absolute Gasteiger partial charge is 0.413 e. The van der Waals surface area contributed by atoms with Crippen LogP contribution in [0.15, 0.2) is 48.5 Å². The topological polar surface area (TPSA) is 83.2 Å². The van der Waals surface area contributed by atoms with E-state index in [0.29, 0.717) is 12.4 Å². The van der Waals surface area contributed by atoms with Crippen LogP contribution in [0.25, 0.3) is 22.3 Å². The standard InChI is InChI=1S/C24H25N5O3/c1-3-29-23(14-18(27-29)17-7-4-5-8-21(17)31-2)26-24(30)32-15-16-10-11-20-19(13-16)25-22-9-6-12-28(20)22/h4-5,7-8,10-11,13-14H,3,6,9,12,15H2,1-2H3,(H,26,30). The predicted octanol–water partition coefficient (Wildman–Crippen LogP) is 4.62. The molecule has 8 heteroatoms. The van der Waals surface area contributed by atoms with Crippen LogP contribution >= 0.6 is 0 Å². The molecule has 2 aromatic heterocycles. The molecule has 0 radical (unpaired) electrons. The molecule has 0 saturated heterocycles. The summed E-state index contributed by atoms with van der Waals surface area (Å²) in [5, 5.41) is 7.40. The molecule has 0 aliphatic carbocycles. The van der Waals surface area contributed by atoms with Gasteiger partial charge in [-0.05, 0) is 43.2 Å². The highest BCUT2D eigenvalue weighted by Crippen LogP contribution is 2.30. The van der Waals surface area contributed by atoms with Gasteiger partial charge < -0.3 is 14.0 Å². The van der Waals surface area contributed by atoms with E-state index in [-0.39, 0.29) is 6.61 Å². The van der Waals surface area contributed by atoms with Gasteiger partial charge in [0.2, 0.25) is 0 Å². The highest BCUT2D eigenvalue weighted by atomic mass is 16.5. The number of para-hydroxylation sites is 1. The van der Waals surface area contributed by atoms with E-state index in [2.05, 4.69) is 21.0 Å². The first kappa shape index (κ1) is 20.1. The highest BCUT2D eigenvalue weighted by molar-refractivity contribution is 5.85. The third-order valence-corrected chi connectivity index (χ3v) is 5.74. The van der Waals surface area contributed by atoms with Crippen LogP contribution in [-0.2, 0) is 30.9 Å². The number of hydrogen-bond donors (Lipinski definition) is 1. The Labute approximate surface area is 185 Å². The van der Waals surface area contributed by atoms with Gasteiger partial charge in [0.25, 0.3) is 0 Å². The lowest BCUT2D eigenvalue weighted by atomic mass is 10.1. The number of carbonyl (C=O) groups is 1. The number of amides is 1. The average Bonchev–Trinajstić information content (AvgIpc) is 3.52. The number of methoxy groups -OCH3 is 1. The van der Waals surface area contributed by atoms with Crippen LogP contribution < -0.4 is 10.1 Å². The molecule has 5 rings (SSSR count). The summed E-state index contributed by atoms with van der Waals surface area (Å²) < 4.78 is 14.9. The van der Waals surface area contributed by atoms with Gasteiger partial charge in [-0.1, -0.05) is 18.2 Å². The summed E-state index contributed by atoms with van der Waals surface area (Å²) >= 11 is 0. The van der Waals surface area contributed by atoms with Crippen molar-refractivity contribution in [3.63, 3.8) is 0 Å². The number of rotatable bonds is 6. The first-order chi connectivity index (χ1) is 15.7. The largest absolute Gasteiger partial charge is 0.496 e. The van der Waals surface area contributed by atoms with Gasteiger partial charge in [-0.2, -0.15) is 5.10 Å². The molecule has 0 unspecified atom stereocenters. The molecule has 0 saturated carbocycles. The maximum absolute atomic E-state index is 12.5. The Morgan fingerprint density at radius 2 is 2.06 bits per heavy atom. The van der Waals surface area contributed by atoms with Crippen LogP contribution in [-0.4, -0.2) is 32.5 Å². The molecular weight excluding hydrogens is 406 g/mol. The molecule has 1 aliphatic heterocycles. The molecule has 32 heavy (non-hydrogen) atoms. The minimum atomic E-state index is -0.529. The Balaban J connectivity index is 1.28. The van der Waals surface area contributed by atoms with Gasteiger partial charge in [0.05, 0.1) is 23.8 Å². The van der Waals surface area contributed by atoms with Gasteiger partial charge >= 0.3 is 6.09 Å². The van der Waals surface area contributed by atoms with Crippen molar-refractivity contribution < 1.29 is 14.3 Å². The zero-order valence-corrected chi connectivity index (χ0v) is 18.2. The normalized spacial score (nSPS) is 12.7. The molecule has 0 spiro atoms. The third kappa shape index (κ3) is 3.68. The number of nitrogens with zero attached hydrogens (tertiary/aromatic N) is 4. The summed E-state index contributed by atoms with van der Waals surface area (Å²) in [6.45, 7) is 3.76. The molecule has 0 bridgehead atoms. The van der Waals surface area contributed by atoms with E-state index in [4.69, 9.17) is 14.5 Å². The molecule has 1 aliphatic rings.